The minimum atomic E-state index is 0.701. The van der Waals surface area contributed by atoms with Crippen molar-refractivity contribution in [2.24, 2.45) is 0 Å². The predicted molar refractivity (Wildman–Crippen MR) is 84.4 cm³/mol. The number of anilines is 2. The van der Waals surface area contributed by atoms with Gasteiger partial charge in [0.05, 0.1) is 6.54 Å². The summed E-state index contributed by atoms with van der Waals surface area (Å²) in [6.45, 7) is 7.82. The molecule has 0 unspecified atom stereocenters. The monoisotopic (exact) mass is 291 g/mol. The molecule has 0 atom stereocenters. The lowest BCUT2D eigenvalue weighted by atomic mass is 10.3. The molecule has 0 aliphatic rings. The van der Waals surface area contributed by atoms with Crippen molar-refractivity contribution in [2.75, 3.05) is 17.2 Å². The first-order chi connectivity index (χ1) is 9.71. The van der Waals surface area contributed by atoms with Crippen LogP contribution in [0.2, 0.25) is 0 Å². The summed E-state index contributed by atoms with van der Waals surface area (Å²) in [6.07, 6.45) is 3.83. The van der Waals surface area contributed by atoms with E-state index in [2.05, 4.69) is 46.4 Å². The Balaban J connectivity index is 2.08. The van der Waals surface area contributed by atoms with E-state index in [1.807, 2.05) is 12.3 Å². The molecule has 0 bridgehead atoms. The smallest absolute Gasteiger partial charge is 0.133 e. The van der Waals surface area contributed by atoms with E-state index in [4.69, 9.17) is 0 Å². The lowest BCUT2D eigenvalue weighted by Crippen LogP contribution is -2.08. The van der Waals surface area contributed by atoms with Crippen LogP contribution in [-0.2, 0) is 13.0 Å². The third kappa shape index (κ3) is 4.16. The molecular formula is C14H21N5S. The molecule has 0 spiro atoms. The van der Waals surface area contributed by atoms with E-state index in [1.165, 1.54) is 4.88 Å². The van der Waals surface area contributed by atoms with E-state index in [1.54, 1.807) is 11.3 Å². The SMILES string of the molecule is CCCc1nc(NCC)cc(NCc2ncc(C)s2)n1. The van der Waals surface area contributed by atoms with Crippen LogP contribution in [-0.4, -0.2) is 21.5 Å². The number of aromatic nitrogens is 3. The fraction of sp³-hybridized carbons (Fsp3) is 0.500. The second kappa shape index (κ2) is 7.19. The molecular weight excluding hydrogens is 270 g/mol. The standard InChI is InChI=1S/C14H21N5S/c1-4-6-11-18-12(15-5-2)7-13(19-11)16-9-14-17-8-10(3)20-14/h7-8H,4-6,9H2,1-3H3,(H2,15,16,18,19). The van der Waals surface area contributed by atoms with E-state index in [9.17, 15) is 0 Å². The van der Waals surface area contributed by atoms with Crippen molar-refractivity contribution < 1.29 is 0 Å². The Labute approximate surface area is 123 Å². The van der Waals surface area contributed by atoms with Gasteiger partial charge < -0.3 is 10.6 Å². The van der Waals surface area contributed by atoms with Crippen molar-refractivity contribution in [1.29, 1.82) is 0 Å². The molecule has 2 aromatic heterocycles. The molecule has 0 aliphatic carbocycles. The van der Waals surface area contributed by atoms with Crippen LogP contribution in [0.15, 0.2) is 12.3 Å². The highest BCUT2D eigenvalue weighted by molar-refractivity contribution is 7.11. The van der Waals surface area contributed by atoms with Crippen LogP contribution in [0.5, 0.6) is 0 Å². The zero-order valence-electron chi connectivity index (χ0n) is 12.2. The summed E-state index contributed by atoms with van der Waals surface area (Å²) < 4.78 is 0. The molecule has 2 rings (SSSR count). The van der Waals surface area contributed by atoms with Gasteiger partial charge in [-0.1, -0.05) is 6.92 Å². The number of thiazole rings is 1. The summed E-state index contributed by atoms with van der Waals surface area (Å²) in [6, 6.07) is 1.95. The molecule has 0 aliphatic heterocycles. The van der Waals surface area contributed by atoms with Crippen LogP contribution in [0, 0.1) is 6.92 Å². The van der Waals surface area contributed by atoms with E-state index < -0.39 is 0 Å². The summed E-state index contributed by atoms with van der Waals surface area (Å²) >= 11 is 1.70. The number of aryl methyl sites for hydroxylation is 2. The highest BCUT2D eigenvalue weighted by atomic mass is 32.1. The highest BCUT2D eigenvalue weighted by Gasteiger charge is 2.05. The van der Waals surface area contributed by atoms with Crippen molar-refractivity contribution >= 4 is 23.0 Å². The average Bonchev–Trinajstić information content (AvgIpc) is 2.83. The molecule has 0 amide bonds. The van der Waals surface area contributed by atoms with Gasteiger partial charge in [-0.2, -0.15) is 0 Å². The van der Waals surface area contributed by atoms with Crippen molar-refractivity contribution in [3.63, 3.8) is 0 Å². The Morgan fingerprint density at radius 2 is 1.90 bits per heavy atom. The van der Waals surface area contributed by atoms with Gasteiger partial charge in [-0.25, -0.2) is 15.0 Å². The van der Waals surface area contributed by atoms with E-state index >= 15 is 0 Å². The highest BCUT2D eigenvalue weighted by Crippen LogP contribution is 2.16. The van der Waals surface area contributed by atoms with Gasteiger partial charge in [0, 0.05) is 30.1 Å². The molecule has 0 saturated heterocycles. The van der Waals surface area contributed by atoms with Gasteiger partial charge in [-0.05, 0) is 20.3 Å². The number of nitrogens with zero attached hydrogens (tertiary/aromatic N) is 3. The molecule has 20 heavy (non-hydrogen) atoms. The summed E-state index contributed by atoms with van der Waals surface area (Å²) in [7, 11) is 0. The molecule has 6 heteroatoms. The quantitative estimate of drug-likeness (QED) is 0.820. The van der Waals surface area contributed by atoms with E-state index in [-0.39, 0.29) is 0 Å². The van der Waals surface area contributed by atoms with Gasteiger partial charge in [-0.3, -0.25) is 0 Å². The Kier molecular flexibility index (Phi) is 5.29. The minimum Gasteiger partial charge on any atom is -0.370 e. The van der Waals surface area contributed by atoms with Gasteiger partial charge >= 0.3 is 0 Å². The van der Waals surface area contributed by atoms with Crippen molar-refractivity contribution in [3.8, 4) is 0 Å². The lowest BCUT2D eigenvalue weighted by Gasteiger charge is -2.09. The van der Waals surface area contributed by atoms with Crippen LogP contribution in [0.1, 0.15) is 36.0 Å². The third-order valence-electron chi connectivity index (χ3n) is 2.69. The molecule has 2 aromatic rings. The van der Waals surface area contributed by atoms with Gasteiger partial charge in [0.2, 0.25) is 0 Å². The molecule has 2 heterocycles. The number of hydrogen-bond donors (Lipinski definition) is 2. The number of hydrogen-bond acceptors (Lipinski definition) is 6. The first-order valence-corrected chi connectivity index (χ1v) is 7.80. The van der Waals surface area contributed by atoms with Crippen LogP contribution < -0.4 is 10.6 Å². The summed E-state index contributed by atoms with van der Waals surface area (Å²) in [5.41, 5.74) is 0. The van der Waals surface area contributed by atoms with Crippen molar-refractivity contribution in [2.45, 2.75) is 40.2 Å². The summed E-state index contributed by atoms with van der Waals surface area (Å²) in [5.74, 6) is 2.61. The van der Waals surface area contributed by atoms with E-state index in [0.717, 1.165) is 41.9 Å². The summed E-state index contributed by atoms with van der Waals surface area (Å²) in [5, 5.41) is 7.65. The van der Waals surface area contributed by atoms with Crippen LogP contribution in [0.3, 0.4) is 0 Å². The average molecular weight is 291 g/mol. The van der Waals surface area contributed by atoms with Crippen molar-refractivity contribution in [3.05, 3.63) is 28.0 Å². The number of nitrogens with one attached hydrogen (secondary N) is 2. The molecule has 0 saturated carbocycles. The fourth-order valence-electron chi connectivity index (χ4n) is 1.84. The second-order valence-corrected chi connectivity index (χ2v) is 5.87. The van der Waals surface area contributed by atoms with Crippen LogP contribution in [0.4, 0.5) is 11.6 Å². The largest absolute Gasteiger partial charge is 0.370 e. The Morgan fingerprint density at radius 1 is 1.15 bits per heavy atom. The second-order valence-electron chi connectivity index (χ2n) is 4.55. The first-order valence-electron chi connectivity index (χ1n) is 6.98. The Hall–Kier alpha value is -1.69. The lowest BCUT2D eigenvalue weighted by molar-refractivity contribution is 0.833. The fourth-order valence-corrected chi connectivity index (χ4v) is 2.57. The molecule has 0 radical (unpaired) electrons. The molecule has 0 aromatic carbocycles. The van der Waals surface area contributed by atoms with Gasteiger partial charge in [0.1, 0.15) is 22.5 Å². The van der Waals surface area contributed by atoms with E-state index in [0.29, 0.717) is 6.54 Å². The first kappa shape index (κ1) is 14.7. The van der Waals surface area contributed by atoms with Crippen LogP contribution in [0.25, 0.3) is 0 Å². The normalized spacial score (nSPS) is 10.6. The van der Waals surface area contributed by atoms with Gasteiger partial charge in [-0.15, -0.1) is 11.3 Å². The van der Waals surface area contributed by atoms with Crippen LogP contribution >= 0.6 is 11.3 Å². The maximum absolute atomic E-state index is 4.54. The van der Waals surface area contributed by atoms with Crippen molar-refractivity contribution in [1.82, 2.24) is 15.0 Å². The zero-order valence-corrected chi connectivity index (χ0v) is 13.0. The molecule has 2 N–H and O–H groups in total. The molecule has 108 valence electrons. The third-order valence-corrected chi connectivity index (χ3v) is 3.61. The maximum Gasteiger partial charge on any atom is 0.133 e. The topological polar surface area (TPSA) is 62.7 Å². The Morgan fingerprint density at radius 3 is 2.50 bits per heavy atom. The zero-order chi connectivity index (χ0) is 14.4. The predicted octanol–water partition coefficient (Wildman–Crippen LogP) is 3.24. The summed E-state index contributed by atoms with van der Waals surface area (Å²) in [4.78, 5) is 14.6. The maximum atomic E-state index is 4.54. The minimum absolute atomic E-state index is 0.701. The van der Waals surface area contributed by atoms with Gasteiger partial charge in [0.25, 0.3) is 0 Å². The molecule has 5 nitrogen and oxygen atoms in total. The molecule has 0 fully saturated rings. The Bertz CT molecular complexity index is 528. The van der Waals surface area contributed by atoms with Gasteiger partial charge in [0.15, 0.2) is 0 Å². The number of rotatable bonds is 7.